The average Bonchev–Trinajstić information content (AvgIpc) is 1.63. The molecule has 5 N–H and O–H groups in total. The highest BCUT2D eigenvalue weighted by molar-refractivity contribution is 9.10. The fourth-order valence-electron chi connectivity index (χ4n) is 13.4. The van der Waals surface area contributed by atoms with Crippen LogP contribution in [0.4, 0.5) is 42.7 Å². The van der Waals surface area contributed by atoms with Crippen molar-refractivity contribution >= 4 is 104 Å². The van der Waals surface area contributed by atoms with E-state index in [0.29, 0.717) is 123 Å². The quantitative estimate of drug-likeness (QED) is 0.0516. The standard InChI is InChI=1S/C24H20FN5O3S.C24H24FN5O3S.C16H11BrFN5O.C14H21BO4S/c1-14-10-15(34(3,31)32)4-5-16(14)19-12-28-24(30-13-22(26-2)29-23(19)30)27-11-18-17-8-9-33-21(17)7-6-20(18)25;1-14-9-16(34(2,31)32)3-4-17(14)20-12-28-24(30-13-15(10-26)29-23(20)30)27-11-19-18-7-8-33-22(18)6-5-21(19)25;1-19-14-8-23-15(22-14)11(17)7-21-16(23)20-6-10-9-4-5-24-13(9)3-2-12(10)18;1-10-9-11(20(6,16)17)7-8-12(10)15-18-13(2,3)14(4,5)19-15/h4-7,10,12-13H,8-9,11H2,1,3H3,(H,27,28);3-6,9,12-13H,7-8,10-11,26H2,1-2H3,(H,27,28);2-3,7-8H,4-6H2,(H,20,21);7-9H,1-6H3. The smallest absolute Gasteiger partial charge is 0.493 e. The minimum atomic E-state index is -3.34. The molecule has 0 amide bonds. The van der Waals surface area contributed by atoms with Gasteiger partial charge < -0.3 is 54.9 Å². The molecule has 112 heavy (non-hydrogen) atoms. The minimum Gasteiger partial charge on any atom is -0.493 e. The maximum Gasteiger partial charge on any atom is 0.495 e. The van der Waals surface area contributed by atoms with E-state index < -0.39 is 47.8 Å². The van der Waals surface area contributed by atoms with Crippen LogP contribution >= 0.6 is 15.9 Å². The number of ether oxygens (including phenoxy) is 3. The van der Waals surface area contributed by atoms with Gasteiger partial charge in [0.1, 0.15) is 44.8 Å². The Labute approximate surface area is 653 Å². The van der Waals surface area contributed by atoms with Gasteiger partial charge in [0, 0.05) is 134 Å². The molecule has 10 heterocycles. The Hall–Kier alpha value is -11.0. The van der Waals surface area contributed by atoms with E-state index in [2.05, 4.69) is 71.5 Å². The zero-order chi connectivity index (χ0) is 80.1. The van der Waals surface area contributed by atoms with Crippen LogP contribution in [0.2, 0.25) is 0 Å². The van der Waals surface area contributed by atoms with Crippen LogP contribution in [0, 0.1) is 51.4 Å². The first-order valence-corrected chi connectivity index (χ1v) is 41.6. The third kappa shape index (κ3) is 16.2. The van der Waals surface area contributed by atoms with Crippen LogP contribution in [-0.2, 0) is 84.3 Å². The molecule has 0 spiro atoms. The van der Waals surface area contributed by atoms with Gasteiger partial charge in [-0.3, -0.25) is 13.2 Å². The number of hydrogen-bond donors (Lipinski definition) is 4. The van der Waals surface area contributed by atoms with E-state index in [1.54, 1.807) is 123 Å². The lowest BCUT2D eigenvalue weighted by atomic mass is 9.76. The van der Waals surface area contributed by atoms with E-state index in [4.69, 9.17) is 42.4 Å². The number of rotatable bonds is 16. The summed E-state index contributed by atoms with van der Waals surface area (Å²) in [5.74, 6) is 3.10. The molecule has 0 unspecified atom stereocenters. The van der Waals surface area contributed by atoms with Gasteiger partial charge in [-0.2, -0.15) is 0 Å². The lowest BCUT2D eigenvalue weighted by molar-refractivity contribution is 0.00578. The lowest BCUT2D eigenvalue weighted by Crippen LogP contribution is -2.41. The molecular formula is C78H76BBrF3N15O11S3. The highest BCUT2D eigenvalue weighted by Gasteiger charge is 2.52. The van der Waals surface area contributed by atoms with Crippen LogP contribution in [-0.4, -0.2) is 125 Å². The predicted octanol–water partition coefficient (Wildman–Crippen LogP) is 13.0. The molecule has 0 atom stereocenters. The number of nitrogens with one attached hydrogen (secondary N) is 3. The largest absolute Gasteiger partial charge is 0.495 e. The van der Waals surface area contributed by atoms with Crippen molar-refractivity contribution in [3.05, 3.63) is 229 Å². The van der Waals surface area contributed by atoms with Gasteiger partial charge in [0.05, 0.1) is 63.2 Å². The summed E-state index contributed by atoms with van der Waals surface area (Å²) < 4.78 is 148. The van der Waals surface area contributed by atoms with Crippen LogP contribution in [0.1, 0.15) is 83.5 Å². The van der Waals surface area contributed by atoms with Crippen molar-refractivity contribution in [2.24, 2.45) is 5.73 Å². The van der Waals surface area contributed by atoms with Crippen molar-refractivity contribution in [3.8, 4) is 39.5 Å². The first kappa shape index (κ1) is 79.1. The van der Waals surface area contributed by atoms with E-state index >= 15 is 0 Å². The third-order valence-corrected chi connectivity index (χ3v) is 23.9. The Balaban J connectivity index is 0.000000134. The third-order valence-electron chi connectivity index (χ3n) is 20.0. The number of benzene rings is 6. The average molecular weight is 1640 g/mol. The molecule has 12 aromatic rings. The summed E-state index contributed by atoms with van der Waals surface area (Å²) in [7, 11) is -10.3. The van der Waals surface area contributed by atoms with Gasteiger partial charge in [-0.25, -0.2) is 58.4 Å². The first-order valence-electron chi connectivity index (χ1n) is 35.2. The summed E-state index contributed by atoms with van der Waals surface area (Å²) in [4.78, 5) is 34.3. The van der Waals surface area contributed by atoms with Gasteiger partial charge >= 0.3 is 7.12 Å². The normalized spacial score (nSPS) is 14.4. The second kappa shape index (κ2) is 31.3. The van der Waals surface area contributed by atoms with Crippen LogP contribution in [0.25, 0.3) is 48.9 Å². The maximum atomic E-state index is 14.6. The van der Waals surface area contributed by atoms with Gasteiger partial charge in [-0.15, -0.1) is 0 Å². The molecule has 0 radical (unpaired) electrons. The number of anilines is 3. The number of hydrogen-bond acceptors (Lipinski definition) is 21. The fraction of sp³-hybridized carbons (Fsp3) is 0.282. The summed E-state index contributed by atoms with van der Waals surface area (Å²) >= 11 is 3.37. The monoisotopic (exact) mass is 1640 g/mol. The summed E-state index contributed by atoms with van der Waals surface area (Å²) in [5, 5.41) is 9.53. The Morgan fingerprint density at radius 3 is 1.26 bits per heavy atom. The number of halogens is 4. The molecule has 16 rings (SSSR count). The second-order valence-corrected chi connectivity index (χ2v) is 35.0. The Morgan fingerprint density at radius 1 is 0.509 bits per heavy atom. The van der Waals surface area contributed by atoms with E-state index in [1.807, 2.05) is 48.5 Å². The first-order chi connectivity index (χ1) is 53.1. The molecule has 4 aliphatic heterocycles. The number of nitrogens with zero attached hydrogens (tertiary/aromatic N) is 11. The van der Waals surface area contributed by atoms with Crippen molar-refractivity contribution in [3.63, 3.8) is 0 Å². The SMILES string of the molecule is Cc1cc(S(C)(=O)=O)ccc1-c1cnc(NCc2c(F)ccc3c2CCO3)n2cc(CN)nc12.Cc1cc(S(C)(=O)=O)ccc1B1OC(C)(C)C(C)(C)O1.[C-]#[N+]c1cn2c(NCc3c(F)ccc4c3CCO4)ncc(-c3ccc(S(C)(=O)=O)cc3C)c2n1.[C-]#[N+]c1cn2c(NCc3c(F)ccc4c3CCO4)ncc(Br)c2n1. The molecule has 1 saturated heterocycles. The Bertz CT molecular complexity index is 6210. The molecule has 0 bridgehead atoms. The van der Waals surface area contributed by atoms with Gasteiger partial charge in [0.25, 0.3) is 11.6 Å². The van der Waals surface area contributed by atoms with Gasteiger partial charge in [0.15, 0.2) is 29.5 Å². The van der Waals surface area contributed by atoms with E-state index in [-0.39, 0.29) is 65.1 Å². The van der Waals surface area contributed by atoms with Crippen molar-refractivity contribution < 1.29 is 61.9 Å². The molecule has 1 fully saturated rings. The zero-order valence-corrected chi connectivity index (χ0v) is 66.5. The van der Waals surface area contributed by atoms with Crippen LogP contribution < -0.4 is 41.4 Å². The molecule has 578 valence electrons. The number of aromatic nitrogens is 9. The molecule has 0 saturated carbocycles. The highest BCUT2D eigenvalue weighted by atomic mass is 79.9. The van der Waals surface area contributed by atoms with Crippen LogP contribution in [0.15, 0.2) is 147 Å². The number of sulfone groups is 3. The van der Waals surface area contributed by atoms with Crippen LogP contribution in [0.3, 0.4) is 0 Å². The predicted molar refractivity (Wildman–Crippen MR) is 422 cm³/mol. The van der Waals surface area contributed by atoms with Crippen molar-refractivity contribution in [2.45, 2.75) is 120 Å². The Morgan fingerprint density at radius 2 is 0.875 bits per heavy atom. The van der Waals surface area contributed by atoms with Crippen molar-refractivity contribution in [1.29, 1.82) is 0 Å². The van der Waals surface area contributed by atoms with E-state index in [1.165, 1.54) is 30.7 Å². The summed E-state index contributed by atoms with van der Waals surface area (Å²) in [6.07, 6.45) is 15.4. The van der Waals surface area contributed by atoms with E-state index in [9.17, 15) is 38.4 Å². The fourth-order valence-corrected chi connectivity index (χ4v) is 15.9. The molecule has 4 aliphatic rings. The number of nitrogens with two attached hydrogens (primary N) is 1. The van der Waals surface area contributed by atoms with Crippen LogP contribution in [0.5, 0.6) is 17.2 Å². The zero-order valence-electron chi connectivity index (χ0n) is 62.5. The van der Waals surface area contributed by atoms with Gasteiger partial charge in [0.2, 0.25) is 29.1 Å². The summed E-state index contributed by atoms with van der Waals surface area (Å²) in [6, 6.07) is 24.1. The van der Waals surface area contributed by atoms with Gasteiger partial charge in [-0.1, -0.05) is 46.9 Å². The minimum absolute atomic E-state index is 0.183. The molecule has 26 nitrogen and oxygen atoms in total. The number of imidazole rings is 3. The lowest BCUT2D eigenvalue weighted by Gasteiger charge is -2.32. The van der Waals surface area contributed by atoms with Gasteiger partial charge in [-0.05, 0) is 165 Å². The number of fused-ring (bicyclic) bond motifs is 6. The molecule has 34 heteroatoms. The summed E-state index contributed by atoms with van der Waals surface area (Å²) in [5.41, 5.74) is 17.9. The molecule has 6 aromatic carbocycles. The molecular weight excluding hydrogens is 1570 g/mol. The topological polar surface area (TPSA) is 310 Å². The van der Waals surface area contributed by atoms with E-state index in [0.717, 1.165) is 67.5 Å². The highest BCUT2D eigenvalue weighted by Crippen LogP contribution is 2.40. The molecule has 6 aromatic heterocycles. The van der Waals surface area contributed by atoms with Crippen molar-refractivity contribution in [2.75, 3.05) is 54.5 Å². The molecule has 0 aliphatic carbocycles. The Kier molecular flexibility index (Phi) is 22.1. The summed E-state index contributed by atoms with van der Waals surface area (Å²) in [6.45, 7) is 30.6. The van der Waals surface area contributed by atoms with Crippen molar-refractivity contribution in [1.82, 2.24) is 43.1 Å². The second-order valence-electron chi connectivity index (χ2n) is 28.1. The maximum absolute atomic E-state index is 14.6. The number of aryl methyl sites for hydroxylation is 3.